The molecule has 1 aromatic heterocycles. The molecule has 15 heavy (non-hydrogen) atoms. The molecule has 84 valence electrons. The number of rotatable bonds is 3. The van der Waals surface area contributed by atoms with Gasteiger partial charge < -0.3 is 0 Å². The molecule has 2 atom stereocenters. The lowest BCUT2D eigenvalue weighted by molar-refractivity contribution is 0.369. The van der Waals surface area contributed by atoms with Gasteiger partial charge >= 0.3 is 0 Å². The Balaban J connectivity index is 1.90. The molecule has 1 aromatic rings. The van der Waals surface area contributed by atoms with Gasteiger partial charge in [-0.3, -0.25) is 0 Å². The summed E-state index contributed by atoms with van der Waals surface area (Å²) in [7, 11) is 0. The maximum Gasteiger partial charge on any atom is 0.0148 e. The summed E-state index contributed by atoms with van der Waals surface area (Å²) < 4.78 is 0. The predicted octanol–water partition coefficient (Wildman–Crippen LogP) is 4.81. The lowest BCUT2D eigenvalue weighted by atomic mass is 9.86. The van der Waals surface area contributed by atoms with E-state index in [0.717, 1.165) is 10.7 Å². The van der Waals surface area contributed by atoms with E-state index in [-0.39, 0.29) is 0 Å². The zero-order chi connectivity index (χ0) is 10.7. The molecule has 1 aliphatic carbocycles. The molecule has 1 aliphatic rings. The number of halogens is 1. The third kappa shape index (κ3) is 3.32. The van der Waals surface area contributed by atoms with Crippen molar-refractivity contribution in [1.82, 2.24) is 0 Å². The molecule has 2 heteroatoms. The minimum Gasteiger partial charge on any atom is -0.145 e. The van der Waals surface area contributed by atoms with Crippen molar-refractivity contribution in [2.75, 3.05) is 0 Å². The molecule has 0 radical (unpaired) electrons. The normalized spacial score (nSPS) is 26.8. The molecule has 2 unspecified atom stereocenters. The Kier molecular flexibility index (Phi) is 4.27. The van der Waals surface area contributed by atoms with E-state index in [1.54, 1.807) is 4.88 Å². The zero-order valence-corrected chi connectivity index (χ0v) is 11.7. The highest BCUT2D eigenvalue weighted by Gasteiger charge is 2.20. The highest BCUT2D eigenvalue weighted by Crippen LogP contribution is 2.32. The van der Waals surface area contributed by atoms with E-state index in [2.05, 4.69) is 35.0 Å². The maximum atomic E-state index is 3.76. The number of hydrogen-bond donors (Lipinski definition) is 0. The van der Waals surface area contributed by atoms with Crippen LogP contribution in [-0.4, -0.2) is 4.83 Å². The van der Waals surface area contributed by atoms with Crippen molar-refractivity contribution >= 4 is 27.3 Å². The van der Waals surface area contributed by atoms with Crippen molar-refractivity contribution in [3.05, 3.63) is 21.9 Å². The average molecular weight is 287 g/mol. The summed E-state index contributed by atoms with van der Waals surface area (Å²) in [6.45, 7) is 2.24. The van der Waals surface area contributed by atoms with Gasteiger partial charge in [-0.1, -0.05) is 35.7 Å². The standard InChI is InChI=1S/C13H19BrS/c1-2-12-6-7-13(15-12)9-10-4-3-5-11(14)8-10/h6-7,10-11H,2-5,8-9H2,1H3. The van der Waals surface area contributed by atoms with E-state index in [4.69, 9.17) is 0 Å². The van der Waals surface area contributed by atoms with Crippen molar-refractivity contribution in [2.24, 2.45) is 5.92 Å². The lowest BCUT2D eigenvalue weighted by Gasteiger charge is -2.25. The molecule has 1 saturated carbocycles. The van der Waals surface area contributed by atoms with Gasteiger partial charge in [0.05, 0.1) is 0 Å². The Bertz CT molecular complexity index is 305. The summed E-state index contributed by atoms with van der Waals surface area (Å²) in [5.41, 5.74) is 0. The van der Waals surface area contributed by atoms with Gasteiger partial charge in [-0.2, -0.15) is 0 Å². The van der Waals surface area contributed by atoms with E-state index in [1.807, 2.05) is 11.3 Å². The Morgan fingerprint density at radius 2 is 2.13 bits per heavy atom. The average Bonchev–Trinajstić information content (AvgIpc) is 2.65. The quantitative estimate of drug-likeness (QED) is 0.700. The Morgan fingerprint density at radius 1 is 1.33 bits per heavy atom. The first-order valence-electron chi connectivity index (χ1n) is 5.99. The van der Waals surface area contributed by atoms with Crippen LogP contribution in [0.15, 0.2) is 12.1 Å². The summed E-state index contributed by atoms with van der Waals surface area (Å²) in [5.74, 6) is 0.923. The van der Waals surface area contributed by atoms with Gasteiger partial charge in [0.2, 0.25) is 0 Å². The maximum absolute atomic E-state index is 3.76. The molecular formula is C13H19BrS. The Hall–Kier alpha value is 0.180. The highest BCUT2D eigenvalue weighted by molar-refractivity contribution is 9.09. The molecule has 1 heterocycles. The number of alkyl halides is 1. The first-order valence-corrected chi connectivity index (χ1v) is 7.72. The van der Waals surface area contributed by atoms with Crippen LogP contribution in [0.25, 0.3) is 0 Å². The van der Waals surface area contributed by atoms with Crippen LogP contribution in [0.3, 0.4) is 0 Å². The highest BCUT2D eigenvalue weighted by atomic mass is 79.9. The van der Waals surface area contributed by atoms with Gasteiger partial charge in [0.1, 0.15) is 0 Å². The number of thiophene rings is 1. The van der Waals surface area contributed by atoms with Gasteiger partial charge in [-0.25, -0.2) is 0 Å². The van der Waals surface area contributed by atoms with E-state index in [1.165, 1.54) is 43.4 Å². The molecular weight excluding hydrogens is 268 g/mol. The SMILES string of the molecule is CCc1ccc(CC2CCCC(Br)C2)s1. The fraction of sp³-hybridized carbons (Fsp3) is 0.692. The minimum absolute atomic E-state index is 0.779. The van der Waals surface area contributed by atoms with Crippen LogP contribution in [0.5, 0.6) is 0 Å². The van der Waals surface area contributed by atoms with E-state index in [9.17, 15) is 0 Å². The molecule has 0 nitrogen and oxygen atoms in total. The molecule has 0 N–H and O–H groups in total. The van der Waals surface area contributed by atoms with Crippen LogP contribution in [0.4, 0.5) is 0 Å². The van der Waals surface area contributed by atoms with Gasteiger partial charge in [0.15, 0.2) is 0 Å². The summed E-state index contributed by atoms with van der Waals surface area (Å²) >= 11 is 5.78. The van der Waals surface area contributed by atoms with E-state index < -0.39 is 0 Å². The lowest BCUT2D eigenvalue weighted by Crippen LogP contribution is -2.16. The first-order chi connectivity index (χ1) is 7.28. The predicted molar refractivity (Wildman–Crippen MR) is 72.1 cm³/mol. The number of hydrogen-bond acceptors (Lipinski definition) is 1. The second-order valence-electron chi connectivity index (χ2n) is 4.56. The largest absolute Gasteiger partial charge is 0.145 e. The molecule has 0 amide bonds. The van der Waals surface area contributed by atoms with Gasteiger partial charge in [-0.05, 0) is 43.7 Å². The number of aryl methyl sites for hydroxylation is 1. The van der Waals surface area contributed by atoms with Crippen LogP contribution in [0.2, 0.25) is 0 Å². The summed E-state index contributed by atoms with van der Waals surface area (Å²) in [4.78, 5) is 3.91. The third-order valence-electron chi connectivity index (χ3n) is 3.27. The Morgan fingerprint density at radius 3 is 2.80 bits per heavy atom. The van der Waals surface area contributed by atoms with Gasteiger partial charge in [-0.15, -0.1) is 11.3 Å². The van der Waals surface area contributed by atoms with Crippen LogP contribution in [0, 0.1) is 5.92 Å². The van der Waals surface area contributed by atoms with E-state index >= 15 is 0 Å². The smallest absolute Gasteiger partial charge is 0.0148 e. The fourth-order valence-electron chi connectivity index (χ4n) is 2.42. The first kappa shape index (κ1) is 11.7. The molecule has 0 bridgehead atoms. The molecule has 0 spiro atoms. The molecule has 2 rings (SSSR count). The van der Waals surface area contributed by atoms with Crippen LogP contribution in [0.1, 0.15) is 42.4 Å². The molecule has 0 saturated heterocycles. The summed E-state index contributed by atoms with van der Waals surface area (Å²) in [6.07, 6.45) is 8.09. The second kappa shape index (κ2) is 5.49. The second-order valence-corrected chi connectivity index (χ2v) is 7.10. The monoisotopic (exact) mass is 286 g/mol. The Labute approximate surface area is 105 Å². The van der Waals surface area contributed by atoms with Crippen molar-refractivity contribution in [3.8, 4) is 0 Å². The van der Waals surface area contributed by atoms with Crippen molar-refractivity contribution in [1.29, 1.82) is 0 Å². The van der Waals surface area contributed by atoms with Crippen molar-refractivity contribution < 1.29 is 0 Å². The van der Waals surface area contributed by atoms with Crippen molar-refractivity contribution in [2.45, 2.75) is 50.3 Å². The van der Waals surface area contributed by atoms with Gasteiger partial charge in [0.25, 0.3) is 0 Å². The van der Waals surface area contributed by atoms with Gasteiger partial charge in [0, 0.05) is 14.6 Å². The van der Waals surface area contributed by atoms with Crippen molar-refractivity contribution in [3.63, 3.8) is 0 Å². The topological polar surface area (TPSA) is 0 Å². The van der Waals surface area contributed by atoms with Crippen LogP contribution >= 0.6 is 27.3 Å². The molecule has 1 fully saturated rings. The van der Waals surface area contributed by atoms with Crippen LogP contribution < -0.4 is 0 Å². The fourth-order valence-corrected chi connectivity index (χ4v) is 4.34. The summed E-state index contributed by atoms with van der Waals surface area (Å²) in [6, 6.07) is 4.63. The third-order valence-corrected chi connectivity index (χ3v) is 5.36. The molecule has 0 aliphatic heterocycles. The summed E-state index contributed by atoms with van der Waals surface area (Å²) in [5, 5.41) is 0. The van der Waals surface area contributed by atoms with E-state index in [0.29, 0.717) is 0 Å². The molecule has 0 aromatic carbocycles. The van der Waals surface area contributed by atoms with Crippen LogP contribution in [-0.2, 0) is 12.8 Å². The zero-order valence-electron chi connectivity index (χ0n) is 9.34. The minimum atomic E-state index is 0.779.